The van der Waals surface area contributed by atoms with Crippen molar-refractivity contribution in [2.24, 2.45) is 5.73 Å². The SMILES string of the molecule is CCN(CC)CCCNCC(=O)NC(CC[C@@H]1CCCN1C)C(=O)N(CCCN(C)C)CC(N)=O. The minimum atomic E-state index is -0.660. The average molecular weight is 498 g/mol. The summed E-state index contributed by atoms with van der Waals surface area (Å²) in [5, 5.41) is 6.14. The van der Waals surface area contributed by atoms with Gasteiger partial charge in [-0.1, -0.05) is 13.8 Å². The van der Waals surface area contributed by atoms with Crippen LogP contribution in [0, 0.1) is 0 Å². The summed E-state index contributed by atoms with van der Waals surface area (Å²) in [7, 11) is 6.04. The second-order valence-corrected chi connectivity index (χ2v) is 9.91. The summed E-state index contributed by atoms with van der Waals surface area (Å²) in [4.78, 5) is 46.0. The Morgan fingerprint density at radius 3 is 2.37 bits per heavy atom. The van der Waals surface area contributed by atoms with Gasteiger partial charge < -0.3 is 36.0 Å². The quantitative estimate of drug-likeness (QED) is 0.214. The van der Waals surface area contributed by atoms with Crippen LogP contribution in [0.2, 0.25) is 0 Å². The largest absolute Gasteiger partial charge is 0.368 e. The van der Waals surface area contributed by atoms with Crippen LogP contribution in [0.3, 0.4) is 0 Å². The average Bonchev–Trinajstić information content (AvgIpc) is 3.22. The molecule has 1 saturated heterocycles. The third-order valence-electron chi connectivity index (χ3n) is 6.79. The lowest BCUT2D eigenvalue weighted by Gasteiger charge is -2.29. The van der Waals surface area contributed by atoms with Crippen LogP contribution in [0.5, 0.6) is 0 Å². The molecule has 0 aromatic carbocycles. The summed E-state index contributed by atoms with van der Waals surface area (Å²) >= 11 is 0. The predicted molar refractivity (Wildman–Crippen MR) is 141 cm³/mol. The van der Waals surface area contributed by atoms with Crippen molar-refractivity contribution < 1.29 is 14.4 Å². The summed E-state index contributed by atoms with van der Waals surface area (Å²) in [6, 6.07) is -0.244. The molecule has 35 heavy (non-hydrogen) atoms. The van der Waals surface area contributed by atoms with Gasteiger partial charge in [-0.15, -0.1) is 0 Å². The Balaban J connectivity index is 2.71. The molecule has 0 saturated carbocycles. The zero-order valence-electron chi connectivity index (χ0n) is 22.9. The summed E-state index contributed by atoms with van der Waals surface area (Å²) < 4.78 is 0. The van der Waals surface area contributed by atoms with Crippen LogP contribution in [0.25, 0.3) is 0 Å². The summed E-state index contributed by atoms with van der Waals surface area (Å²) in [5.74, 6) is -0.963. The standard InChI is InChI=1S/C25H51N7O3/c1-6-31(7-2)17-9-14-27-19-24(34)28-22(13-12-21-11-8-16-30(21)5)25(35)32(20-23(26)33)18-10-15-29(3)4/h21-22,27H,6-20H2,1-5H3,(H2,26,33)(H,28,34)/t21-,22?/m0/s1. The van der Waals surface area contributed by atoms with Gasteiger partial charge in [-0.2, -0.15) is 0 Å². The molecule has 10 heteroatoms. The van der Waals surface area contributed by atoms with E-state index < -0.39 is 11.9 Å². The number of amides is 3. The topological polar surface area (TPSA) is 114 Å². The van der Waals surface area contributed by atoms with Crippen molar-refractivity contribution in [3.05, 3.63) is 0 Å². The summed E-state index contributed by atoms with van der Waals surface area (Å²) in [6.07, 6.45) is 5.32. The first-order chi connectivity index (χ1) is 16.7. The minimum Gasteiger partial charge on any atom is -0.368 e. The van der Waals surface area contributed by atoms with Gasteiger partial charge in [0.25, 0.3) is 0 Å². The molecule has 0 aliphatic carbocycles. The van der Waals surface area contributed by atoms with E-state index >= 15 is 0 Å². The smallest absolute Gasteiger partial charge is 0.245 e. The maximum absolute atomic E-state index is 13.4. The number of likely N-dealkylation sites (tertiary alicyclic amines) is 1. The number of carbonyl (C=O) groups excluding carboxylic acids is 3. The number of nitrogens with one attached hydrogen (secondary N) is 2. The first-order valence-corrected chi connectivity index (χ1v) is 13.3. The van der Waals surface area contributed by atoms with Gasteiger partial charge in [-0.05, 0) is 98.9 Å². The van der Waals surface area contributed by atoms with E-state index in [9.17, 15) is 14.4 Å². The highest BCUT2D eigenvalue weighted by atomic mass is 16.2. The van der Waals surface area contributed by atoms with Gasteiger partial charge in [0.15, 0.2) is 0 Å². The summed E-state index contributed by atoms with van der Waals surface area (Å²) in [5.41, 5.74) is 5.44. The van der Waals surface area contributed by atoms with E-state index in [2.05, 4.69) is 41.3 Å². The molecule has 0 bridgehead atoms. The lowest BCUT2D eigenvalue weighted by atomic mass is 10.0. The van der Waals surface area contributed by atoms with E-state index in [1.165, 1.54) is 4.90 Å². The Bertz CT molecular complexity index is 628. The Hall–Kier alpha value is -1.75. The molecule has 0 aromatic rings. The molecule has 1 heterocycles. The molecule has 1 aliphatic heterocycles. The molecule has 0 spiro atoms. The van der Waals surface area contributed by atoms with Crippen LogP contribution < -0.4 is 16.4 Å². The van der Waals surface area contributed by atoms with Gasteiger partial charge in [-0.25, -0.2) is 0 Å². The summed E-state index contributed by atoms with van der Waals surface area (Å²) in [6.45, 7) is 10.4. The van der Waals surface area contributed by atoms with E-state index in [1.54, 1.807) is 0 Å². The van der Waals surface area contributed by atoms with Gasteiger partial charge in [0.1, 0.15) is 6.04 Å². The molecule has 10 nitrogen and oxygen atoms in total. The van der Waals surface area contributed by atoms with Gasteiger partial charge in [0, 0.05) is 12.6 Å². The molecule has 1 unspecified atom stereocenters. The molecule has 4 N–H and O–H groups in total. The van der Waals surface area contributed by atoms with Crippen molar-refractivity contribution in [1.82, 2.24) is 30.2 Å². The monoisotopic (exact) mass is 497 g/mol. The number of hydrogen-bond acceptors (Lipinski definition) is 7. The van der Waals surface area contributed by atoms with E-state index in [0.29, 0.717) is 19.0 Å². The van der Waals surface area contributed by atoms with Crippen LogP contribution in [0.4, 0.5) is 0 Å². The number of nitrogens with two attached hydrogens (primary N) is 1. The van der Waals surface area contributed by atoms with Crippen LogP contribution in [0.15, 0.2) is 0 Å². The fraction of sp³-hybridized carbons (Fsp3) is 0.880. The second-order valence-electron chi connectivity index (χ2n) is 9.91. The van der Waals surface area contributed by atoms with Gasteiger partial charge in [0.05, 0.1) is 13.1 Å². The maximum Gasteiger partial charge on any atom is 0.245 e. The highest BCUT2D eigenvalue weighted by Crippen LogP contribution is 2.20. The molecular weight excluding hydrogens is 446 g/mol. The fourth-order valence-corrected chi connectivity index (χ4v) is 4.63. The number of hydrogen-bond donors (Lipinski definition) is 3. The predicted octanol–water partition coefficient (Wildman–Crippen LogP) is -0.0673. The van der Waals surface area contributed by atoms with Crippen LogP contribution in [-0.2, 0) is 14.4 Å². The van der Waals surface area contributed by atoms with E-state index in [-0.39, 0.29) is 24.9 Å². The van der Waals surface area contributed by atoms with Crippen LogP contribution in [0.1, 0.15) is 52.4 Å². The number of nitrogens with zero attached hydrogens (tertiary/aromatic N) is 4. The van der Waals surface area contributed by atoms with Crippen molar-refractivity contribution in [2.45, 2.75) is 64.5 Å². The highest BCUT2D eigenvalue weighted by Gasteiger charge is 2.29. The molecule has 204 valence electrons. The van der Waals surface area contributed by atoms with E-state index in [4.69, 9.17) is 5.73 Å². The molecule has 1 fully saturated rings. The molecule has 3 amide bonds. The number of rotatable bonds is 19. The normalized spacial score (nSPS) is 17.2. The first kappa shape index (κ1) is 31.3. The third-order valence-corrected chi connectivity index (χ3v) is 6.79. The van der Waals surface area contributed by atoms with Gasteiger partial charge >= 0.3 is 0 Å². The van der Waals surface area contributed by atoms with Crippen molar-refractivity contribution in [3.63, 3.8) is 0 Å². The highest BCUT2D eigenvalue weighted by molar-refractivity contribution is 5.90. The van der Waals surface area contributed by atoms with Crippen LogP contribution >= 0.6 is 0 Å². The van der Waals surface area contributed by atoms with Gasteiger partial charge in [-0.3, -0.25) is 14.4 Å². The second kappa shape index (κ2) is 17.6. The number of carbonyl (C=O) groups is 3. The number of primary amides is 1. The molecule has 1 rings (SSSR count). The third kappa shape index (κ3) is 13.2. The zero-order valence-corrected chi connectivity index (χ0v) is 22.9. The van der Waals surface area contributed by atoms with Crippen molar-refractivity contribution in [3.8, 4) is 0 Å². The lowest BCUT2D eigenvalue weighted by Crippen LogP contribution is -2.52. The Labute approximate surface area is 212 Å². The minimum absolute atomic E-state index is 0.133. The molecule has 0 aromatic heterocycles. The molecule has 2 atom stereocenters. The fourth-order valence-electron chi connectivity index (χ4n) is 4.63. The molecule has 0 radical (unpaired) electrons. The Kier molecular flexibility index (Phi) is 15.8. The van der Waals surface area contributed by atoms with E-state index in [1.807, 2.05) is 19.0 Å². The van der Waals surface area contributed by atoms with Crippen molar-refractivity contribution in [1.29, 1.82) is 0 Å². The van der Waals surface area contributed by atoms with Crippen molar-refractivity contribution >= 4 is 17.7 Å². The van der Waals surface area contributed by atoms with Crippen LogP contribution in [-0.4, -0.2) is 129 Å². The first-order valence-electron chi connectivity index (χ1n) is 13.3. The van der Waals surface area contributed by atoms with E-state index in [0.717, 1.165) is 71.4 Å². The molecular formula is C25H51N7O3. The molecule has 1 aliphatic rings. The lowest BCUT2D eigenvalue weighted by molar-refractivity contribution is -0.139. The Morgan fingerprint density at radius 1 is 1.09 bits per heavy atom. The zero-order chi connectivity index (χ0) is 26.2. The van der Waals surface area contributed by atoms with Gasteiger partial charge in [0.2, 0.25) is 17.7 Å². The maximum atomic E-state index is 13.4. The van der Waals surface area contributed by atoms with Crippen molar-refractivity contribution in [2.75, 3.05) is 80.0 Å². The Morgan fingerprint density at radius 2 is 1.80 bits per heavy atom.